The molecular weight excluding hydrogens is 328 g/mol. The molecule has 9 nitrogen and oxygen atoms in total. The van der Waals surface area contributed by atoms with Crippen LogP contribution in [0.3, 0.4) is 0 Å². The van der Waals surface area contributed by atoms with Gasteiger partial charge in [0, 0.05) is 0 Å². The van der Waals surface area contributed by atoms with E-state index in [1.54, 1.807) is 34.6 Å². The van der Waals surface area contributed by atoms with Crippen LogP contribution in [0.2, 0.25) is 0 Å². The number of anilines is 1. The van der Waals surface area contributed by atoms with Crippen LogP contribution in [-0.4, -0.2) is 40.1 Å². The van der Waals surface area contributed by atoms with E-state index in [9.17, 15) is 14.4 Å². The summed E-state index contributed by atoms with van der Waals surface area (Å²) >= 11 is 0. The molecule has 2 N–H and O–H groups in total. The van der Waals surface area contributed by atoms with Crippen molar-refractivity contribution in [2.45, 2.75) is 52.7 Å². The zero-order valence-corrected chi connectivity index (χ0v) is 15.7. The summed E-state index contributed by atoms with van der Waals surface area (Å²) in [4.78, 5) is 40.2. The first-order chi connectivity index (χ1) is 11.3. The summed E-state index contributed by atoms with van der Waals surface area (Å²) in [6.45, 7) is 9.80. The van der Waals surface area contributed by atoms with E-state index in [0.29, 0.717) is 0 Å². The minimum Gasteiger partial charge on any atom is -0.467 e. The first-order valence-electron chi connectivity index (χ1n) is 7.75. The van der Waals surface area contributed by atoms with Gasteiger partial charge < -0.3 is 14.0 Å². The van der Waals surface area contributed by atoms with Crippen LogP contribution in [-0.2, 0) is 29.4 Å². The van der Waals surface area contributed by atoms with Crippen molar-refractivity contribution in [3.05, 3.63) is 12.5 Å². The minimum atomic E-state index is -1.09. The molecule has 1 amide bonds. The largest absolute Gasteiger partial charge is 0.467 e. The van der Waals surface area contributed by atoms with Crippen molar-refractivity contribution >= 4 is 23.7 Å². The number of esters is 2. The van der Waals surface area contributed by atoms with Crippen molar-refractivity contribution < 1.29 is 23.9 Å². The molecule has 1 atom stereocenters. The number of ether oxygens (including phenoxy) is 2. The van der Waals surface area contributed by atoms with Crippen LogP contribution in [0, 0.1) is 5.92 Å². The quantitative estimate of drug-likeness (QED) is 0.275. The van der Waals surface area contributed by atoms with Gasteiger partial charge >= 0.3 is 11.9 Å². The highest BCUT2D eigenvalue weighted by Gasteiger charge is 2.34. The molecule has 25 heavy (non-hydrogen) atoms. The summed E-state index contributed by atoms with van der Waals surface area (Å²) in [6, 6.07) is 0. The number of carbonyl (C=O) groups is 3. The SMILES string of the molecule is COC(=O)C(C)(C)n1cnc(N(N)C(=O)C(C)C(=O)OC(C)(C)C)c1. The number of hydrogen-bond acceptors (Lipinski definition) is 7. The molecule has 0 radical (unpaired) electrons. The van der Waals surface area contributed by atoms with E-state index in [4.69, 9.17) is 15.3 Å². The second-order valence-electron chi connectivity index (χ2n) is 7.15. The zero-order chi connectivity index (χ0) is 19.6. The number of rotatable bonds is 5. The molecule has 0 aliphatic heterocycles. The van der Waals surface area contributed by atoms with Crippen molar-refractivity contribution in [2.24, 2.45) is 11.8 Å². The number of methoxy groups -OCH3 is 1. The molecular formula is C16H26N4O5. The Balaban J connectivity index is 2.94. The third-order valence-electron chi connectivity index (χ3n) is 3.51. The summed E-state index contributed by atoms with van der Waals surface area (Å²) in [5, 5.41) is 0.762. The van der Waals surface area contributed by atoms with Gasteiger partial charge in [0.05, 0.1) is 19.6 Å². The fourth-order valence-electron chi connectivity index (χ4n) is 1.91. The number of nitrogens with two attached hydrogens (primary N) is 1. The van der Waals surface area contributed by atoms with Crippen LogP contribution in [0.1, 0.15) is 41.5 Å². The Kier molecular flexibility index (Phi) is 5.96. The first-order valence-corrected chi connectivity index (χ1v) is 7.75. The van der Waals surface area contributed by atoms with Gasteiger partial charge in [-0.1, -0.05) is 0 Å². The van der Waals surface area contributed by atoms with E-state index in [1.807, 2.05) is 0 Å². The Hall–Kier alpha value is -2.42. The van der Waals surface area contributed by atoms with Crippen molar-refractivity contribution in [1.82, 2.24) is 9.55 Å². The number of hydrazine groups is 1. The van der Waals surface area contributed by atoms with Gasteiger partial charge in [-0.3, -0.25) is 9.59 Å². The topological polar surface area (TPSA) is 117 Å². The molecule has 0 bridgehead atoms. The first kappa shape index (κ1) is 20.6. The molecule has 0 aliphatic rings. The van der Waals surface area contributed by atoms with E-state index < -0.39 is 34.9 Å². The Labute approximate surface area is 147 Å². The molecule has 0 saturated carbocycles. The van der Waals surface area contributed by atoms with Gasteiger partial charge in [-0.25, -0.2) is 20.6 Å². The standard InChI is InChI=1S/C16H26N4O5/c1-10(13(22)25-15(2,3)4)12(21)20(17)11-8-19(9-18-11)16(5,6)14(23)24-7/h8-10H,17H2,1-7H3. The Morgan fingerprint density at radius 2 is 1.80 bits per heavy atom. The van der Waals surface area contributed by atoms with Crippen molar-refractivity contribution in [3.63, 3.8) is 0 Å². The van der Waals surface area contributed by atoms with Gasteiger partial charge in [-0.15, -0.1) is 0 Å². The number of nitrogens with zero attached hydrogens (tertiary/aromatic N) is 3. The highest BCUT2D eigenvalue weighted by atomic mass is 16.6. The lowest BCUT2D eigenvalue weighted by Crippen LogP contribution is -2.45. The van der Waals surface area contributed by atoms with Crippen LogP contribution in [0.5, 0.6) is 0 Å². The predicted octanol–water partition coefficient (Wildman–Crippen LogP) is 0.976. The molecule has 1 aromatic rings. The van der Waals surface area contributed by atoms with Crippen LogP contribution in [0.4, 0.5) is 5.82 Å². The lowest BCUT2D eigenvalue weighted by molar-refractivity contribution is -0.161. The molecule has 0 fully saturated rings. The fraction of sp³-hybridized carbons (Fsp3) is 0.625. The predicted molar refractivity (Wildman–Crippen MR) is 90.2 cm³/mol. The maximum absolute atomic E-state index is 12.4. The maximum atomic E-state index is 12.4. The third kappa shape index (κ3) is 4.79. The lowest BCUT2D eigenvalue weighted by Gasteiger charge is -2.24. The summed E-state index contributed by atoms with van der Waals surface area (Å²) < 4.78 is 11.4. The van der Waals surface area contributed by atoms with E-state index in [-0.39, 0.29) is 5.82 Å². The van der Waals surface area contributed by atoms with Gasteiger partial charge in [0.1, 0.15) is 17.1 Å². The molecule has 9 heteroatoms. The fourth-order valence-corrected chi connectivity index (χ4v) is 1.91. The van der Waals surface area contributed by atoms with Crippen molar-refractivity contribution in [3.8, 4) is 0 Å². The summed E-state index contributed by atoms with van der Waals surface area (Å²) in [6.07, 6.45) is 2.79. The van der Waals surface area contributed by atoms with Gasteiger partial charge in [-0.2, -0.15) is 0 Å². The second kappa shape index (κ2) is 7.22. The van der Waals surface area contributed by atoms with E-state index in [0.717, 1.165) is 5.01 Å². The van der Waals surface area contributed by atoms with Gasteiger partial charge in [0.2, 0.25) is 0 Å². The second-order valence-corrected chi connectivity index (χ2v) is 7.15. The maximum Gasteiger partial charge on any atom is 0.331 e. The molecule has 0 spiro atoms. The van der Waals surface area contributed by atoms with E-state index >= 15 is 0 Å². The molecule has 1 aromatic heterocycles. The average Bonchev–Trinajstić information content (AvgIpc) is 3.00. The van der Waals surface area contributed by atoms with Gasteiger partial charge in [0.25, 0.3) is 5.91 Å². The molecule has 1 heterocycles. The number of hydrogen-bond donors (Lipinski definition) is 1. The number of aromatic nitrogens is 2. The third-order valence-corrected chi connectivity index (χ3v) is 3.51. The van der Waals surface area contributed by atoms with Crippen molar-refractivity contribution in [1.29, 1.82) is 0 Å². The molecule has 140 valence electrons. The summed E-state index contributed by atoms with van der Waals surface area (Å²) in [5.74, 6) is 2.96. The Morgan fingerprint density at radius 3 is 2.28 bits per heavy atom. The number of carbonyl (C=O) groups excluding carboxylic acids is 3. The Morgan fingerprint density at radius 1 is 1.24 bits per heavy atom. The zero-order valence-electron chi connectivity index (χ0n) is 15.7. The van der Waals surface area contributed by atoms with E-state index in [1.165, 1.54) is 31.1 Å². The van der Waals surface area contributed by atoms with Crippen LogP contribution < -0.4 is 10.9 Å². The average molecular weight is 354 g/mol. The normalized spacial score (nSPS) is 13.1. The van der Waals surface area contributed by atoms with Crippen LogP contribution in [0.15, 0.2) is 12.5 Å². The molecule has 0 saturated heterocycles. The number of imidazole rings is 1. The van der Waals surface area contributed by atoms with Gasteiger partial charge in [-0.05, 0) is 41.5 Å². The molecule has 0 aliphatic carbocycles. The molecule has 1 rings (SSSR count). The smallest absolute Gasteiger partial charge is 0.331 e. The van der Waals surface area contributed by atoms with Crippen molar-refractivity contribution in [2.75, 3.05) is 12.1 Å². The summed E-state index contributed by atoms with van der Waals surface area (Å²) in [7, 11) is 1.28. The summed E-state index contributed by atoms with van der Waals surface area (Å²) in [5.41, 5.74) is -1.74. The lowest BCUT2D eigenvalue weighted by atomic mass is 10.1. The van der Waals surface area contributed by atoms with Crippen LogP contribution >= 0.6 is 0 Å². The van der Waals surface area contributed by atoms with E-state index in [2.05, 4.69) is 4.98 Å². The molecule has 0 aromatic carbocycles. The van der Waals surface area contributed by atoms with Gasteiger partial charge in [0.15, 0.2) is 5.82 Å². The number of amides is 1. The highest BCUT2D eigenvalue weighted by molar-refractivity contribution is 6.04. The Bertz CT molecular complexity index is 660. The minimum absolute atomic E-state index is 0.0948. The van der Waals surface area contributed by atoms with Crippen LogP contribution in [0.25, 0.3) is 0 Å². The molecule has 1 unspecified atom stereocenters. The highest BCUT2D eigenvalue weighted by Crippen LogP contribution is 2.21. The monoisotopic (exact) mass is 354 g/mol.